The van der Waals surface area contributed by atoms with Crippen LogP contribution in [0.1, 0.15) is 47.5 Å². The first-order valence-electron chi connectivity index (χ1n) is 6.80. The van der Waals surface area contributed by atoms with Crippen LogP contribution in [0.15, 0.2) is 0 Å². The first kappa shape index (κ1) is 14.9. The topological polar surface area (TPSA) is 24.5 Å². The molecule has 0 aromatic heterocycles. The van der Waals surface area contributed by atoms with Crippen molar-refractivity contribution in [1.29, 1.82) is 0 Å². The van der Waals surface area contributed by atoms with E-state index in [0.29, 0.717) is 6.04 Å². The number of nitrogens with zero attached hydrogens (tertiary/aromatic N) is 1. The van der Waals surface area contributed by atoms with Gasteiger partial charge in [-0.3, -0.25) is 4.90 Å². The molecular weight excluding hydrogens is 212 g/mol. The van der Waals surface area contributed by atoms with Crippen LogP contribution in [0.5, 0.6) is 0 Å². The molecule has 1 heterocycles. The molecule has 1 fully saturated rings. The standard InChI is InChI=1S/C14H30N2O/c1-12-7-9-15-13(2,3)11-16(12)10-8-14(4,5)17-6/h12,15H,7-11H2,1-6H3. The summed E-state index contributed by atoms with van der Waals surface area (Å²) in [6.07, 6.45) is 2.32. The van der Waals surface area contributed by atoms with Crippen LogP contribution in [0, 0.1) is 0 Å². The third-order valence-electron chi connectivity index (χ3n) is 3.94. The van der Waals surface area contributed by atoms with Crippen molar-refractivity contribution in [1.82, 2.24) is 10.2 Å². The average molecular weight is 242 g/mol. The van der Waals surface area contributed by atoms with Gasteiger partial charge in [0.25, 0.3) is 0 Å². The average Bonchev–Trinajstić information content (AvgIpc) is 2.35. The van der Waals surface area contributed by atoms with Gasteiger partial charge >= 0.3 is 0 Å². The van der Waals surface area contributed by atoms with Crippen molar-refractivity contribution < 1.29 is 4.74 Å². The summed E-state index contributed by atoms with van der Waals surface area (Å²) in [5.41, 5.74) is 0.214. The van der Waals surface area contributed by atoms with Crippen LogP contribution in [0.25, 0.3) is 0 Å². The van der Waals surface area contributed by atoms with E-state index in [2.05, 4.69) is 44.8 Å². The molecule has 1 rings (SSSR count). The molecule has 1 atom stereocenters. The lowest BCUT2D eigenvalue weighted by molar-refractivity contribution is 0.00334. The summed E-state index contributed by atoms with van der Waals surface area (Å²) < 4.78 is 5.50. The SMILES string of the molecule is COC(C)(C)CCN1CC(C)(C)NCCC1C. The monoisotopic (exact) mass is 242 g/mol. The predicted molar refractivity (Wildman–Crippen MR) is 73.4 cm³/mol. The molecule has 0 aromatic carbocycles. The Balaban J connectivity index is 2.54. The lowest BCUT2D eigenvalue weighted by Gasteiger charge is -2.35. The van der Waals surface area contributed by atoms with E-state index in [9.17, 15) is 0 Å². The molecule has 1 saturated heterocycles. The van der Waals surface area contributed by atoms with Gasteiger partial charge in [0.2, 0.25) is 0 Å². The molecule has 102 valence electrons. The van der Waals surface area contributed by atoms with E-state index in [0.717, 1.165) is 26.1 Å². The maximum atomic E-state index is 5.50. The maximum absolute atomic E-state index is 5.50. The van der Waals surface area contributed by atoms with Crippen LogP contribution < -0.4 is 5.32 Å². The van der Waals surface area contributed by atoms with Crippen molar-refractivity contribution in [3.8, 4) is 0 Å². The number of methoxy groups -OCH3 is 1. The molecule has 3 heteroatoms. The first-order valence-corrected chi connectivity index (χ1v) is 6.80. The number of hydrogen-bond donors (Lipinski definition) is 1. The highest BCUT2D eigenvalue weighted by atomic mass is 16.5. The molecule has 0 saturated carbocycles. The highest BCUT2D eigenvalue weighted by Crippen LogP contribution is 2.19. The largest absolute Gasteiger partial charge is 0.379 e. The van der Waals surface area contributed by atoms with Crippen molar-refractivity contribution in [3.63, 3.8) is 0 Å². The summed E-state index contributed by atoms with van der Waals surface area (Å²) in [6.45, 7) is 14.6. The van der Waals surface area contributed by atoms with Crippen LogP contribution in [-0.4, -0.2) is 48.8 Å². The van der Waals surface area contributed by atoms with Crippen LogP contribution in [0.3, 0.4) is 0 Å². The fourth-order valence-electron chi connectivity index (χ4n) is 2.34. The minimum absolute atomic E-state index is 0.0103. The third-order valence-corrected chi connectivity index (χ3v) is 3.94. The van der Waals surface area contributed by atoms with Gasteiger partial charge in [0.15, 0.2) is 0 Å². The second-order valence-electron chi connectivity index (χ2n) is 6.63. The van der Waals surface area contributed by atoms with Crippen molar-refractivity contribution in [2.45, 2.75) is 64.6 Å². The van der Waals surface area contributed by atoms with Crippen molar-refractivity contribution in [3.05, 3.63) is 0 Å². The van der Waals surface area contributed by atoms with Crippen LogP contribution in [0.4, 0.5) is 0 Å². The van der Waals surface area contributed by atoms with Gasteiger partial charge in [-0.15, -0.1) is 0 Å². The van der Waals surface area contributed by atoms with E-state index < -0.39 is 0 Å². The molecule has 1 aliphatic rings. The normalized spacial score (nSPS) is 26.8. The lowest BCUT2D eigenvalue weighted by Crippen LogP contribution is -2.48. The Labute approximate surface area is 107 Å². The fourth-order valence-corrected chi connectivity index (χ4v) is 2.34. The smallest absolute Gasteiger partial charge is 0.0634 e. The quantitative estimate of drug-likeness (QED) is 0.818. The Bertz CT molecular complexity index is 238. The summed E-state index contributed by atoms with van der Waals surface area (Å²) in [5, 5.41) is 3.62. The molecule has 0 aromatic rings. The fraction of sp³-hybridized carbons (Fsp3) is 1.00. The summed E-state index contributed by atoms with van der Waals surface area (Å²) >= 11 is 0. The van der Waals surface area contributed by atoms with Gasteiger partial charge in [0, 0.05) is 31.8 Å². The Morgan fingerprint density at radius 3 is 2.65 bits per heavy atom. The highest BCUT2D eigenvalue weighted by molar-refractivity contribution is 4.88. The number of ether oxygens (including phenoxy) is 1. The number of hydrogen-bond acceptors (Lipinski definition) is 3. The second-order valence-corrected chi connectivity index (χ2v) is 6.63. The van der Waals surface area contributed by atoms with E-state index >= 15 is 0 Å². The molecule has 1 N–H and O–H groups in total. The van der Waals surface area contributed by atoms with Crippen LogP contribution in [-0.2, 0) is 4.74 Å². The summed E-state index contributed by atoms with van der Waals surface area (Å²) in [7, 11) is 1.80. The van der Waals surface area contributed by atoms with Crippen molar-refractivity contribution >= 4 is 0 Å². The van der Waals surface area contributed by atoms with Crippen LogP contribution in [0.2, 0.25) is 0 Å². The summed E-state index contributed by atoms with van der Waals surface area (Å²) in [5.74, 6) is 0. The third kappa shape index (κ3) is 4.94. The Kier molecular flexibility index (Phi) is 4.99. The van der Waals surface area contributed by atoms with Crippen molar-refractivity contribution in [2.24, 2.45) is 0 Å². The highest BCUT2D eigenvalue weighted by Gasteiger charge is 2.29. The second kappa shape index (κ2) is 5.68. The zero-order chi connectivity index (χ0) is 13.1. The van der Waals surface area contributed by atoms with Gasteiger partial charge in [0.05, 0.1) is 5.60 Å². The van der Waals surface area contributed by atoms with E-state index in [1.807, 2.05) is 0 Å². The van der Waals surface area contributed by atoms with E-state index in [-0.39, 0.29) is 11.1 Å². The van der Waals surface area contributed by atoms with Gasteiger partial charge in [0.1, 0.15) is 0 Å². The summed E-state index contributed by atoms with van der Waals surface area (Å²) in [4.78, 5) is 2.60. The Hall–Kier alpha value is -0.120. The minimum atomic E-state index is -0.0103. The maximum Gasteiger partial charge on any atom is 0.0634 e. The number of rotatable bonds is 4. The lowest BCUT2D eigenvalue weighted by atomic mass is 10.0. The zero-order valence-corrected chi connectivity index (χ0v) is 12.5. The minimum Gasteiger partial charge on any atom is -0.379 e. The van der Waals surface area contributed by atoms with E-state index in [1.165, 1.54) is 6.42 Å². The van der Waals surface area contributed by atoms with Gasteiger partial charge in [-0.1, -0.05) is 0 Å². The first-order chi connectivity index (χ1) is 7.76. The van der Waals surface area contributed by atoms with Gasteiger partial charge in [-0.05, 0) is 54.0 Å². The van der Waals surface area contributed by atoms with E-state index in [4.69, 9.17) is 4.74 Å². The molecule has 3 nitrogen and oxygen atoms in total. The van der Waals surface area contributed by atoms with Crippen molar-refractivity contribution in [2.75, 3.05) is 26.7 Å². The Morgan fingerprint density at radius 2 is 2.06 bits per heavy atom. The molecule has 1 aliphatic heterocycles. The molecule has 1 unspecified atom stereocenters. The van der Waals surface area contributed by atoms with E-state index in [1.54, 1.807) is 7.11 Å². The molecule has 0 amide bonds. The zero-order valence-electron chi connectivity index (χ0n) is 12.5. The van der Waals surface area contributed by atoms with Gasteiger partial charge in [-0.25, -0.2) is 0 Å². The Morgan fingerprint density at radius 1 is 1.41 bits per heavy atom. The molecule has 0 bridgehead atoms. The van der Waals surface area contributed by atoms with Crippen LogP contribution >= 0.6 is 0 Å². The molecule has 0 aliphatic carbocycles. The summed E-state index contributed by atoms with van der Waals surface area (Å²) in [6, 6.07) is 0.664. The number of nitrogens with one attached hydrogen (secondary N) is 1. The van der Waals surface area contributed by atoms with Gasteiger partial charge in [-0.2, -0.15) is 0 Å². The molecular formula is C14H30N2O. The van der Waals surface area contributed by atoms with Gasteiger partial charge < -0.3 is 10.1 Å². The molecule has 0 radical (unpaired) electrons. The predicted octanol–water partition coefficient (Wildman–Crippen LogP) is 2.26. The molecule has 0 spiro atoms. The molecule has 17 heavy (non-hydrogen) atoms.